The molecule has 108 valence electrons. The molecule has 0 bridgehead atoms. The van der Waals surface area contributed by atoms with Gasteiger partial charge >= 0.3 is 0 Å². The molecule has 2 aromatic carbocycles. The fraction of sp³-hybridized carbons (Fsp3) is 0.118. The van der Waals surface area contributed by atoms with Crippen molar-refractivity contribution in [1.29, 1.82) is 0 Å². The van der Waals surface area contributed by atoms with Gasteiger partial charge in [0.25, 0.3) is 0 Å². The highest BCUT2D eigenvalue weighted by molar-refractivity contribution is 6.15. The van der Waals surface area contributed by atoms with E-state index in [2.05, 4.69) is 28.3 Å². The van der Waals surface area contributed by atoms with Gasteiger partial charge in [0.2, 0.25) is 0 Å². The Morgan fingerprint density at radius 2 is 1.77 bits per heavy atom. The molecule has 2 heterocycles. The smallest absolute Gasteiger partial charge is 0.164 e. The van der Waals surface area contributed by atoms with E-state index >= 15 is 0 Å². The minimum Gasteiger partial charge on any atom is -0.324 e. The summed E-state index contributed by atoms with van der Waals surface area (Å²) >= 11 is 0. The molecule has 1 aliphatic heterocycles. The minimum absolute atomic E-state index is 0.331. The predicted molar refractivity (Wildman–Crippen MR) is 85.0 cm³/mol. The molecule has 0 atom stereocenters. The third-order valence-electron chi connectivity index (χ3n) is 3.71. The highest BCUT2D eigenvalue weighted by atomic mass is 15.4. The van der Waals surface area contributed by atoms with Gasteiger partial charge in [-0.1, -0.05) is 48.5 Å². The van der Waals surface area contributed by atoms with Crippen LogP contribution in [0.1, 0.15) is 22.8 Å². The van der Waals surface area contributed by atoms with E-state index in [1.54, 1.807) is 0 Å². The lowest BCUT2D eigenvalue weighted by Crippen LogP contribution is -2.08. The largest absolute Gasteiger partial charge is 0.324 e. The average Bonchev–Trinajstić information content (AvgIpc) is 2.93. The lowest BCUT2D eigenvalue weighted by atomic mass is 10.0. The number of benzene rings is 2. The van der Waals surface area contributed by atoms with Gasteiger partial charge in [-0.25, -0.2) is 9.67 Å². The lowest BCUT2D eigenvalue weighted by Gasteiger charge is -2.10. The fourth-order valence-corrected chi connectivity index (χ4v) is 2.71. The summed E-state index contributed by atoms with van der Waals surface area (Å²) in [6, 6.07) is 18.3. The summed E-state index contributed by atoms with van der Waals surface area (Å²) in [5, 5.41) is 4.51. The quantitative estimate of drug-likeness (QED) is 0.785. The number of aromatic nitrogens is 3. The Kier molecular flexibility index (Phi) is 3.05. The van der Waals surface area contributed by atoms with Crippen LogP contribution in [0, 0.1) is 0 Å². The molecule has 2 N–H and O–H groups in total. The normalized spacial score (nSPS) is 13.0. The second-order valence-corrected chi connectivity index (χ2v) is 5.11. The van der Waals surface area contributed by atoms with E-state index in [0.29, 0.717) is 18.9 Å². The highest BCUT2D eigenvalue weighted by Gasteiger charge is 2.20. The number of para-hydroxylation sites is 1. The summed E-state index contributed by atoms with van der Waals surface area (Å²) in [6.07, 6.45) is 0. The van der Waals surface area contributed by atoms with E-state index in [1.807, 2.05) is 41.1 Å². The Morgan fingerprint density at radius 1 is 1.00 bits per heavy atom. The molecule has 0 radical (unpaired) electrons. The van der Waals surface area contributed by atoms with Crippen LogP contribution in [0.3, 0.4) is 0 Å². The third kappa shape index (κ3) is 2.03. The number of fused-ring (bicyclic) bond motifs is 3. The second kappa shape index (κ2) is 5.20. The van der Waals surface area contributed by atoms with E-state index in [0.717, 1.165) is 28.4 Å². The van der Waals surface area contributed by atoms with Crippen LogP contribution in [-0.4, -0.2) is 20.5 Å². The van der Waals surface area contributed by atoms with Gasteiger partial charge in [-0.2, -0.15) is 0 Å². The van der Waals surface area contributed by atoms with Crippen molar-refractivity contribution < 1.29 is 0 Å². The molecule has 0 saturated carbocycles. The van der Waals surface area contributed by atoms with Crippen molar-refractivity contribution >= 4 is 5.71 Å². The summed E-state index contributed by atoms with van der Waals surface area (Å²) in [7, 11) is 0. The average molecular weight is 289 g/mol. The van der Waals surface area contributed by atoms with E-state index in [1.165, 1.54) is 0 Å². The number of hydrogen-bond donors (Lipinski definition) is 1. The number of nitrogens with two attached hydrogens (primary N) is 1. The predicted octanol–water partition coefficient (Wildman–Crippen LogP) is 2.08. The molecule has 0 saturated heterocycles. The summed E-state index contributed by atoms with van der Waals surface area (Å²) in [5.74, 6) is 1.46. The van der Waals surface area contributed by atoms with Gasteiger partial charge in [0.05, 0.1) is 24.5 Å². The van der Waals surface area contributed by atoms with Crippen LogP contribution in [0.5, 0.6) is 0 Å². The summed E-state index contributed by atoms with van der Waals surface area (Å²) in [4.78, 5) is 9.25. The maximum Gasteiger partial charge on any atom is 0.164 e. The van der Waals surface area contributed by atoms with Crippen molar-refractivity contribution in [3.05, 3.63) is 77.4 Å². The fourth-order valence-electron chi connectivity index (χ4n) is 2.71. The number of nitrogens with zero attached hydrogens (tertiary/aromatic N) is 4. The van der Waals surface area contributed by atoms with E-state index < -0.39 is 0 Å². The van der Waals surface area contributed by atoms with Crippen LogP contribution in [0.2, 0.25) is 0 Å². The third-order valence-corrected chi connectivity index (χ3v) is 3.71. The lowest BCUT2D eigenvalue weighted by molar-refractivity contribution is 0.787. The van der Waals surface area contributed by atoms with Crippen LogP contribution < -0.4 is 5.73 Å². The summed E-state index contributed by atoms with van der Waals surface area (Å²) in [6.45, 7) is 0.823. The number of rotatable bonds is 2. The van der Waals surface area contributed by atoms with Crippen LogP contribution in [0.25, 0.3) is 5.69 Å². The molecule has 1 aliphatic rings. The molecule has 1 aromatic heterocycles. The van der Waals surface area contributed by atoms with Crippen molar-refractivity contribution in [2.24, 2.45) is 10.7 Å². The van der Waals surface area contributed by atoms with Gasteiger partial charge in [-0.15, -0.1) is 5.10 Å². The van der Waals surface area contributed by atoms with E-state index in [4.69, 9.17) is 10.7 Å². The summed E-state index contributed by atoms with van der Waals surface area (Å²) < 4.78 is 1.86. The first kappa shape index (κ1) is 12.9. The SMILES string of the molecule is NCc1nc2n(n1)-c1ccccc1C(c1ccccc1)=NC2. The van der Waals surface area contributed by atoms with Crippen molar-refractivity contribution in [1.82, 2.24) is 14.8 Å². The topological polar surface area (TPSA) is 69.1 Å². The molecule has 22 heavy (non-hydrogen) atoms. The molecule has 5 nitrogen and oxygen atoms in total. The first-order chi connectivity index (χ1) is 10.9. The van der Waals surface area contributed by atoms with Gasteiger partial charge in [-0.3, -0.25) is 4.99 Å². The molecule has 0 fully saturated rings. The van der Waals surface area contributed by atoms with Crippen LogP contribution in [0.4, 0.5) is 0 Å². The molecule has 5 heteroatoms. The zero-order chi connectivity index (χ0) is 14.9. The molecule has 4 rings (SSSR count). The molecule has 0 aliphatic carbocycles. The Morgan fingerprint density at radius 3 is 2.59 bits per heavy atom. The van der Waals surface area contributed by atoms with Gasteiger partial charge in [0.15, 0.2) is 11.6 Å². The van der Waals surface area contributed by atoms with Crippen LogP contribution in [0.15, 0.2) is 59.6 Å². The van der Waals surface area contributed by atoms with Gasteiger partial charge in [0.1, 0.15) is 0 Å². The van der Waals surface area contributed by atoms with Crippen molar-refractivity contribution in [2.75, 3.05) is 0 Å². The zero-order valence-electron chi connectivity index (χ0n) is 12.0. The standard InChI is InChI=1S/C17H15N5/c18-10-15-20-16-11-19-17(12-6-2-1-3-7-12)13-8-4-5-9-14(13)22(16)21-15/h1-9H,10-11,18H2. The van der Waals surface area contributed by atoms with Crippen LogP contribution in [-0.2, 0) is 13.1 Å². The van der Waals surface area contributed by atoms with Gasteiger partial charge in [0, 0.05) is 11.1 Å². The monoisotopic (exact) mass is 289 g/mol. The molecule has 0 amide bonds. The highest BCUT2D eigenvalue weighted by Crippen LogP contribution is 2.23. The Labute approximate surface area is 128 Å². The van der Waals surface area contributed by atoms with Crippen molar-refractivity contribution in [2.45, 2.75) is 13.1 Å². The number of aliphatic imine (C=N–C) groups is 1. The van der Waals surface area contributed by atoms with Gasteiger partial charge in [-0.05, 0) is 6.07 Å². The molecule has 0 unspecified atom stereocenters. The maximum absolute atomic E-state index is 5.67. The number of hydrogen-bond acceptors (Lipinski definition) is 4. The Balaban J connectivity index is 1.94. The maximum atomic E-state index is 5.67. The van der Waals surface area contributed by atoms with E-state index in [9.17, 15) is 0 Å². The molecular formula is C17H15N5. The van der Waals surface area contributed by atoms with Crippen LogP contribution >= 0.6 is 0 Å². The first-order valence-corrected chi connectivity index (χ1v) is 7.21. The molecular weight excluding hydrogens is 274 g/mol. The zero-order valence-corrected chi connectivity index (χ0v) is 12.0. The van der Waals surface area contributed by atoms with E-state index in [-0.39, 0.29) is 0 Å². The van der Waals surface area contributed by atoms with Gasteiger partial charge < -0.3 is 5.73 Å². The molecule has 0 spiro atoms. The minimum atomic E-state index is 0.331. The van der Waals surface area contributed by atoms with Crippen molar-refractivity contribution in [3.63, 3.8) is 0 Å². The Bertz CT molecular complexity index is 848. The molecule has 3 aromatic rings. The first-order valence-electron chi connectivity index (χ1n) is 7.21. The van der Waals surface area contributed by atoms with Crippen molar-refractivity contribution in [3.8, 4) is 5.69 Å². The second-order valence-electron chi connectivity index (χ2n) is 5.11. The summed E-state index contributed by atoms with van der Waals surface area (Å²) in [5.41, 5.74) is 9.78. The Hall–Kier alpha value is -2.79.